The Hall–Kier alpha value is -2.18. The van der Waals surface area contributed by atoms with Gasteiger partial charge in [-0.05, 0) is 44.1 Å². The fourth-order valence-electron chi connectivity index (χ4n) is 4.45. The van der Waals surface area contributed by atoms with Gasteiger partial charge in [-0.15, -0.1) is 0 Å². The topological polar surface area (TPSA) is 70.5 Å². The van der Waals surface area contributed by atoms with Gasteiger partial charge in [-0.3, -0.25) is 0 Å². The van der Waals surface area contributed by atoms with E-state index in [1.54, 1.807) is 6.33 Å². The molecule has 4 rings (SSSR count). The van der Waals surface area contributed by atoms with Crippen LogP contribution < -0.4 is 10.2 Å². The number of piperidine rings is 1. The van der Waals surface area contributed by atoms with E-state index in [1.165, 1.54) is 11.1 Å². The molecule has 0 radical (unpaired) electrons. The molecule has 2 aliphatic heterocycles. The van der Waals surface area contributed by atoms with Crippen LogP contribution in [0.5, 0.6) is 0 Å². The smallest absolute Gasteiger partial charge is 0.134 e. The largest absolute Gasteiger partial charge is 0.396 e. The summed E-state index contributed by atoms with van der Waals surface area (Å²) in [6, 6.07) is 10.7. The lowest BCUT2D eigenvalue weighted by molar-refractivity contribution is -0.0238. The van der Waals surface area contributed by atoms with Crippen LogP contribution in [0.15, 0.2) is 36.7 Å². The Morgan fingerprint density at radius 2 is 2.03 bits per heavy atom. The molecule has 0 spiro atoms. The number of nitrogens with zero attached hydrogens (tertiary/aromatic N) is 3. The average Bonchev–Trinajstić information content (AvgIpc) is 2.79. The van der Waals surface area contributed by atoms with Crippen LogP contribution in [-0.2, 0) is 4.74 Å². The van der Waals surface area contributed by atoms with Crippen molar-refractivity contribution in [1.29, 1.82) is 0 Å². The quantitative estimate of drug-likeness (QED) is 0.778. The molecule has 3 unspecified atom stereocenters. The molecule has 2 N–H and O–H groups in total. The van der Waals surface area contributed by atoms with Gasteiger partial charge in [0.2, 0.25) is 0 Å². The summed E-state index contributed by atoms with van der Waals surface area (Å²) in [5.41, 5.74) is 2.53. The Morgan fingerprint density at radius 1 is 1.17 bits per heavy atom. The maximum atomic E-state index is 9.49. The van der Waals surface area contributed by atoms with Crippen molar-refractivity contribution in [2.24, 2.45) is 11.8 Å². The molecule has 2 fully saturated rings. The SMILES string of the molecule is Cc1ccc(C2OCCCC2CNc2cc(N3CCCC(CO)C3)ncn2)cc1. The van der Waals surface area contributed by atoms with Crippen molar-refractivity contribution < 1.29 is 9.84 Å². The molecule has 1 aromatic carbocycles. The molecule has 156 valence electrons. The van der Waals surface area contributed by atoms with Crippen molar-refractivity contribution in [1.82, 2.24) is 9.97 Å². The molecule has 2 saturated heterocycles. The van der Waals surface area contributed by atoms with Gasteiger partial charge >= 0.3 is 0 Å². The maximum absolute atomic E-state index is 9.49. The predicted molar refractivity (Wildman–Crippen MR) is 115 cm³/mol. The van der Waals surface area contributed by atoms with Crippen molar-refractivity contribution in [3.05, 3.63) is 47.8 Å². The maximum Gasteiger partial charge on any atom is 0.134 e. The predicted octanol–water partition coefficient (Wildman–Crippen LogP) is 3.57. The van der Waals surface area contributed by atoms with E-state index in [-0.39, 0.29) is 12.7 Å². The number of nitrogens with one attached hydrogen (secondary N) is 1. The number of aliphatic hydroxyl groups excluding tert-OH is 1. The number of aromatic nitrogens is 2. The van der Waals surface area contributed by atoms with Crippen LogP contribution in [0.3, 0.4) is 0 Å². The Morgan fingerprint density at radius 3 is 2.86 bits per heavy atom. The number of ether oxygens (including phenoxy) is 1. The fourth-order valence-corrected chi connectivity index (χ4v) is 4.45. The molecule has 0 amide bonds. The zero-order valence-corrected chi connectivity index (χ0v) is 17.3. The molecule has 0 aliphatic carbocycles. The van der Waals surface area contributed by atoms with E-state index in [4.69, 9.17) is 4.74 Å². The molecule has 2 aliphatic rings. The molecule has 6 heteroatoms. The van der Waals surface area contributed by atoms with Gasteiger partial charge in [0.15, 0.2) is 0 Å². The van der Waals surface area contributed by atoms with Crippen molar-refractivity contribution in [3.63, 3.8) is 0 Å². The third kappa shape index (κ3) is 5.06. The van der Waals surface area contributed by atoms with E-state index in [0.717, 1.165) is 63.6 Å². The van der Waals surface area contributed by atoms with Crippen molar-refractivity contribution >= 4 is 11.6 Å². The second-order valence-corrected chi connectivity index (χ2v) is 8.38. The molecule has 3 atom stereocenters. The minimum absolute atomic E-state index is 0.130. The molecule has 29 heavy (non-hydrogen) atoms. The van der Waals surface area contributed by atoms with E-state index in [9.17, 15) is 5.11 Å². The van der Waals surface area contributed by atoms with Gasteiger partial charge in [0.25, 0.3) is 0 Å². The highest BCUT2D eigenvalue weighted by Gasteiger charge is 2.27. The summed E-state index contributed by atoms with van der Waals surface area (Å²) in [6.45, 7) is 5.86. The normalized spacial score (nSPS) is 25.0. The Kier molecular flexibility index (Phi) is 6.62. The van der Waals surface area contributed by atoms with Gasteiger partial charge in [0.05, 0.1) is 6.10 Å². The van der Waals surface area contributed by atoms with E-state index in [2.05, 4.69) is 51.4 Å². The van der Waals surface area contributed by atoms with Crippen LogP contribution in [0.1, 0.15) is 42.9 Å². The molecule has 3 heterocycles. The average molecular weight is 397 g/mol. The first-order valence-corrected chi connectivity index (χ1v) is 10.8. The molecular formula is C23H32N4O2. The Bertz CT molecular complexity index is 783. The first-order valence-electron chi connectivity index (χ1n) is 10.8. The van der Waals surface area contributed by atoms with Gasteiger partial charge in [0.1, 0.15) is 18.0 Å². The monoisotopic (exact) mass is 396 g/mol. The van der Waals surface area contributed by atoms with Crippen LogP contribution in [0, 0.1) is 18.8 Å². The summed E-state index contributed by atoms with van der Waals surface area (Å²) in [5, 5.41) is 13.0. The minimum Gasteiger partial charge on any atom is -0.396 e. The van der Waals surface area contributed by atoms with Crippen LogP contribution >= 0.6 is 0 Å². The number of aliphatic hydroxyl groups is 1. The van der Waals surface area contributed by atoms with Gasteiger partial charge in [-0.1, -0.05) is 29.8 Å². The van der Waals surface area contributed by atoms with Crippen LogP contribution in [0.2, 0.25) is 0 Å². The number of hydrogen-bond acceptors (Lipinski definition) is 6. The lowest BCUT2D eigenvalue weighted by Crippen LogP contribution is -2.37. The van der Waals surface area contributed by atoms with Crippen molar-refractivity contribution in [3.8, 4) is 0 Å². The number of aryl methyl sites for hydroxylation is 1. The van der Waals surface area contributed by atoms with Gasteiger partial charge in [-0.2, -0.15) is 0 Å². The van der Waals surface area contributed by atoms with Gasteiger partial charge < -0.3 is 20.1 Å². The second-order valence-electron chi connectivity index (χ2n) is 8.38. The lowest BCUT2D eigenvalue weighted by Gasteiger charge is -2.33. The van der Waals surface area contributed by atoms with Crippen LogP contribution in [0.25, 0.3) is 0 Å². The van der Waals surface area contributed by atoms with E-state index >= 15 is 0 Å². The molecule has 2 aromatic rings. The Labute approximate surface area is 173 Å². The molecule has 0 saturated carbocycles. The standard InChI is InChI=1S/C23H32N4O2/c1-17-6-8-19(9-7-17)23-20(5-3-11-29-23)13-24-21-12-22(26-16-25-21)27-10-2-4-18(14-27)15-28/h6-9,12,16,18,20,23,28H,2-5,10-11,13-15H2,1H3,(H,24,25,26). The summed E-state index contributed by atoms with van der Waals surface area (Å²) in [4.78, 5) is 11.2. The first-order chi connectivity index (χ1) is 14.2. The highest BCUT2D eigenvalue weighted by Crippen LogP contribution is 2.34. The highest BCUT2D eigenvalue weighted by atomic mass is 16.5. The zero-order chi connectivity index (χ0) is 20.1. The molecule has 1 aromatic heterocycles. The first kappa shape index (κ1) is 20.1. The van der Waals surface area contributed by atoms with Gasteiger partial charge in [0, 0.05) is 44.8 Å². The van der Waals surface area contributed by atoms with Gasteiger partial charge in [-0.25, -0.2) is 9.97 Å². The summed E-state index contributed by atoms with van der Waals surface area (Å²) in [6.07, 6.45) is 6.19. The summed E-state index contributed by atoms with van der Waals surface area (Å²) >= 11 is 0. The van der Waals surface area contributed by atoms with Crippen LogP contribution in [0.4, 0.5) is 11.6 Å². The number of benzene rings is 1. The number of hydrogen-bond donors (Lipinski definition) is 2. The zero-order valence-electron chi connectivity index (χ0n) is 17.3. The van der Waals surface area contributed by atoms with Crippen molar-refractivity contribution in [2.45, 2.75) is 38.7 Å². The Balaban J connectivity index is 1.40. The third-order valence-electron chi connectivity index (χ3n) is 6.15. The minimum atomic E-state index is 0.130. The molecule has 0 bridgehead atoms. The molecular weight excluding hydrogens is 364 g/mol. The van der Waals surface area contributed by atoms with E-state index in [0.29, 0.717) is 11.8 Å². The second kappa shape index (κ2) is 9.55. The lowest BCUT2D eigenvalue weighted by atomic mass is 9.89. The number of rotatable bonds is 6. The van der Waals surface area contributed by atoms with E-state index in [1.807, 2.05) is 6.07 Å². The summed E-state index contributed by atoms with van der Waals surface area (Å²) in [5.74, 6) is 2.55. The molecule has 6 nitrogen and oxygen atoms in total. The van der Waals surface area contributed by atoms with Crippen LogP contribution in [-0.4, -0.2) is 47.9 Å². The fraction of sp³-hybridized carbons (Fsp3) is 0.565. The van der Waals surface area contributed by atoms with E-state index < -0.39 is 0 Å². The van der Waals surface area contributed by atoms with Crippen molar-refractivity contribution in [2.75, 3.05) is 43.1 Å². The summed E-state index contributed by atoms with van der Waals surface area (Å²) in [7, 11) is 0. The number of anilines is 2. The summed E-state index contributed by atoms with van der Waals surface area (Å²) < 4.78 is 6.14. The third-order valence-corrected chi connectivity index (χ3v) is 6.15. The highest BCUT2D eigenvalue weighted by molar-refractivity contribution is 5.48.